The fraction of sp³-hybridized carbons (Fsp3) is 0.308. The summed E-state index contributed by atoms with van der Waals surface area (Å²) in [5.74, 6) is -0.0111. The van der Waals surface area contributed by atoms with E-state index >= 15 is 0 Å². The molecule has 2 rings (SSSR count). The summed E-state index contributed by atoms with van der Waals surface area (Å²) in [6.07, 6.45) is 2.41. The molecule has 0 aliphatic rings. The minimum atomic E-state index is -0.855. The van der Waals surface area contributed by atoms with Crippen molar-refractivity contribution in [3.63, 3.8) is 0 Å². The molecule has 6 nitrogen and oxygen atoms in total. The summed E-state index contributed by atoms with van der Waals surface area (Å²) >= 11 is 0. The molecule has 0 radical (unpaired) electrons. The molecule has 1 aromatic carbocycles. The van der Waals surface area contributed by atoms with Crippen molar-refractivity contribution in [2.45, 2.75) is 19.3 Å². The molecular weight excluding hydrogens is 263 g/mol. The molecule has 1 atom stereocenters. The Balaban J connectivity index is 2.37. The number of rotatable bonds is 5. The van der Waals surface area contributed by atoms with E-state index < -0.39 is 16.4 Å². The molecule has 0 saturated carbocycles. The Morgan fingerprint density at radius 2 is 2.30 bits per heavy atom. The fourth-order valence-electron chi connectivity index (χ4n) is 1.98. The van der Waals surface area contributed by atoms with Gasteiger partial charge in [-0.2, -0.15) is 4.39 Å². The average Bonchev–Trinajstić information content (AvgIpc) is 2.90. The number of hydrogen-bond donors (Lipinski definition) is 2. The first-order chi connectivity index (χ1) is 9.56. The Bertz CT molecular complexity index is 623. The second kappa shape index (κ2) is 5.79. The van der Waals surface area contributed by atoms with Crippen molar-refractivity contribution in [1.82, 2.24) is 9.97 Å². The van der Waals surface area contributed by atoms with E-state index in [9.17, 15) is 14.5 Å². The fourth-order valence-corrected chi connectivity index (χ4v) is 1.98. The molecule has 106 valence electrons. The molecule has 0 saturated heterocycles. The Morgan fingerprint density at radius 1 is 1.55 bits per heavy atom. The van der Waals surface area contributed by atoms with Gasteiger partial charge in [0, 0.05) is 24.1 Å². The van der Waals surface area contributed by atoms with E-state index in [1.165, 1.54) is 12.1 Å². The van der Waals surface area contributed by atoms with Crippen LogP contribution < -0.4 is 5.73 Å². The zero-order valence-corrected chi connectivity index (χ0v) is 11.0. The number of benzene rings is 1. The lowest BCUT2D eigenvalue weighted by atomic mass is 10.1. The van der Waals surface area contributed by atoms with Crippen LogP contribution in [0.4, 0.5) is 10.1 Å². The van der Waals surface area contributed by atoms with Crippen molar-refractivity contribution >= 4 is 5.69 Å². The first kappa shape index (κ1) is 14.1. The lowest BCUT2D eigenvalue weighted by Crippen LogP contribution is -2.12. The number of nitrogens with one attached hydrogen (secondary N) is 1. The van der Waals surface area contributed by atoms with E-state index in [2.05, 4.69) is 9.97 Å². The Morgan fingerprint density at radius 3 is 2.90 bits per heavy atom. The highest BCUT2D eigenvalue weighted by Crippen LogP contribution is 2.26. The monoisotopic (exact) mass is 278 g/mol. The first-order valence-corrected chi connectivity index (χ1v) is 6.26. The van der Waals surface area contributed by atoms with Crippen molar-refractivity contribution in [3.8, 4) is 11.3 Å². The van der Waals surface area contributed by atoms with Crippen molar-refractivity contribution in [3.05, 3.63) is 46.2 Å². The third kappa shape index (κ3) is 2.67. The highest BCUT2D eigenvalue weighted by Gasteiger charge is 2.17. The number of nitrogens with zero attached hydrogens (tertiary/aromatic N) is 2. The van der Waals surface area contributed by atoms with Gasteiger partial charge in [0.25, 0.3) is 0 Å². The van der Waals surface area contributed by atoms with Crippen LogP contribution in [0.3, 0.4) is 0 Å². The van der Waals surface area contributed by atoms with Gasteiger partial charge in [-0.3, -0.25) is 10.1 Å². The predicted octanol–water partition coefficient (Wildman–Crippen LogP) is 2.58. The smallest absolute Gasteiger partial charge is 0.305 e. The van der Waals surface area contributed by atoms with Gasteiger partial charge in [-0.25, -0.2) is 4.98 Å². The summed E-state index contributed by atoms with van der Waals surface area (Å²) in [5, 5.41) is 10.7. The molecule has 1 unspecified atom stereocenters. The third-order valence-electron chi connectivity index (χ3n) is 3.21. The molecule has 2 aromatic rings. The van der Waals surface area contributed by atoms with Crippen molar-refractivity contribution in [2.24, 2.45) is 5.73 Å². The Labute approximate surface area is 115 Å². The van der Waals surface area contributed by atoms with Gasteiger partial charge in [0.1, 0.15) is 5.82 Å². The van der Waals surface area contributed by atoms with Crippen LogP contribution in [0.2, 0.25) is 0 Å². The minimum Gasteiger partial charge on any atom is -0.342 e. The molecule has 0 aliphatic heterocycles. The van der Waals surface area contributed by atoms with E-state index in [-0.39, 0.29) is 5.92 Å². The number of nitrogens with two attached hydrogens (primary N) is 1. The number of aromatic nitrogens is 2. The molecule has 1 aromatic heterocycles. The second-order valence-electron chi connectivity index (χ2n) is 4.45. The van der Waals surface area contributed by atoms with Crippen LogP contribution in [-0.4, -0.2) is 21.4 Å². The van der Waals surface area contributed by atoms with Gasteiger partial charge in [0.15, 0.2) is 0 Å². The van der Waals surface area contributed by atoms with Gasteiger partial charge in [0.05, 0.1) is 16.8 Å². The van der Waals surface area contributed by atoms with Crippen molar-refractivity contribution in [2.75, 3.05) is 6.54 Å². The van der Waals surface area contributed by atoms with Crippen molar-refractivity contribution in [1.29, 1.82) is 0 Å². The van der Waals surface area contributed by atoms with Crippen molar-refractivity contribution < 1.29 is 9.31 Å². The van der Waals surface area contributed by atoms with Gasteiger partial charge < -0.3 is 10.7 Å². The summed E-state index contributed by atoms with van der Waals surface area (Å²) < 4.78 is 13.3. The highest BCUT2D eigenvalue weighted by atomic mass is 19.1. The number of hydrogen-bond acceptors (Lipinski definition) is 4. The van der Waals surface area contributed by atoms with E-state index in [4.69, 9.17) is 5.73 Å². The lowest BCUT2D eigenvalue weighted by molar-refractivity contribution is -0.387. The van der Waals surface area contributed by atoms with E-state index in [0.717, 1.165) is 18.3 Å². The van der Waals surface area contributed by atoms with E-state index in [1.807, 2.05) is 6.92 Å². The molecule has 0 bridgehead atoms. The maximum Gasteiger partial charge on any atom is 0.305 e. The summed E-state index contributed by atoms with van der Waals surface area (Å²) in [7, 11) is 0. The van der Waals surface area contributed by atoms with Gasteiger partial charge in [-0.15, -0.1) is 0 Å². The van der Waals surface area contributed by atoms with Crippen LogP contribution in [0.15, 0.2) is 24.4 Å². The predicted molar refractivity (Wildman–Crippen MR) is 72.7 cm³/mol. The maximum absolute atomic E-state index is 13.3. The number of nitro groups is 1. The first-order valence-electron chi connectivity index (χ1n) is 6.26. The number of aromatic amines is 1. The number of imidazole rings is 1. The molecule has 0 amide bonds. The molecule has 1 heterocycles. The Hall–Kier alpha value is -2.28. The maximum atomic E-state index is 13.3. The number of nitro benzene ring substituents is 1. The molecule has 0 aliphatic carbocycles. The minimum absolute atomic E-state index is 0.110. The average molecular weight is 278 g/mol. The molecule has 3 N–H and O–H groups in total. The summed E-state index contributed by atoms with van der Waals surface area (Å²) in [4.78, 5) is 17.3. The molecule has 0 spiro atoms. The molecule has 7 heteroatoms. The van der Waals surface area contributed by atoms with Gasteiger partial charge >= 0.3 is 5.69 Å². The zero-order valence-electron chi connectivity index (χ0n) is 11.0. The summed E-state index contributed by atoms with van der Waals surface area (Å²) in [6, 6.07) is 3.74. The van der Waals surface area contributed by atoms with Gasteiger partial charge in [-0.05, 0) is 18.6 Å². The molecular formula is C13H15FN4O2. The van der Waals surface area contributed by atoms with Gasteiger partial charge in [-0.1, -0.05) is 6.92 Å². The molecule has 0 fully saturated rings. The van der Waals surface area contributed by atoms with Crippen LogP contribution >= 0.6 is 0 Å². The highest BCUT2D eigenvalue weighted by molar-refractivity contribution is 5.62. The van der Waals surface area contributed by atoms with E-state index in [1.54, 1.807) is 6.20 Å². The van der Waals surface area contributed by atoms with Crippen LogP contribution in [0.25, 0.3) is 11.3 Å². The quantitative estimate of drug-likeness (QED) is 0.648. The Kier molecular flexibility index (Phi) is 4.09. The van der Waals surface area contributed by atoms with Crippen LogP contribution in [-0.2, 0) is 0 Å². The second-order valence-corrected chi connectivity index (χ2v) is 4.45. The van der Waals surface area contributed by atoms with Gasteiger partial charge in [0.2, 0.25) is 5.82 Å². The SMILES string of the molecule is CCC(CN)c1ncc(-c2ccc(F)c([N+](=O)[O-])c2)[nH]1. The van der Waals surface area contributed by atoms with E-state index in [0.29, 0.717) is 17.8 Å². The molecule has 20 heavy (non-hydrogen) atoms. The number of halogens is 1. The largest absolute Gasteiger partial charge is 0.342 e. The van der Waals surface area contributed by atoms with Crippen LogP contribution in [0.5, 0.6) is 0 Å². The van der Waals surface area contributed by atoms with Crippen LogP contribution in [0, 0.1) is 15.9 Å². The summed E-state index contributed by atoms with van der Waals surface area (Å²) in [5.41, 5.74) is 6.22. The van der Waals surface area contributed by atoms with Crippen LogP contribution in [0.1, 0.15) is 25.1 Å². The topological polar surface area (TPSA) is 97.8 Å². The zero-order chi connectivity index (χ0) is 14.7. The third-order valence-corrected chi connectivity index (χ3v) is 3.21. The standard InChI is InChI=1S/C13H15FN4O2/c1-2-8(6-15)13-16-7-11(17-13)9-3-4-10(14)12(5-9)18(19)20/h3-5,7-8H,2,6,15H2,1H3,(H,16,17). The normalized spacial score (nSPS) is 12.3. The summed E-state index contributed by atoms with van der Waals surface area (Å²) in [6.45, 7) is 2.47. The number of H-pyrrole nitrogens is 1. The lowest BCUT2D eigenvalue weighted by Gasteiger charge is -2.07.